The molecule has 2 atom stereocenters. The fourth-order valence-electron chi connectivity index (χ4n) is 4.57. The van der Waals surface area contributed by atoms with Crippen molar-refractivity contribution in [3.8, 4) is 11.1 Å². The van der Waals surface area contributed by atoms with Gasteiger partial charge in [0, 0.05) is 28.4 Å². The van der Waals surface area contributed by atoms with Crippen LogP contribution in [0.15, 0.2) is 83.9 Å². The topological polar surface area (TPSA) is 127 Å². The van der Waals surface area contributed by atoms with Crippen LogP contribution in [0.3, 0.4) is 0 Å². The van der Waals surface area contributed by atoms with Gasteiger partial charge in [-0.25, -0.2) is 18.1 Å². The molecule has 0 spiro atoms. The van der Waals surface area contributed by atoms with Crippen molar-refractivity contribution >= 4 is 38.2 Å². The number of fused-ring (bicyclic) bond motifs is 1. The maximum Gasteiger partial charge on any atom is 0.256 e. The molecule has 4 aromatic rings. The minimum absolute atomic E-state index is 0.195. The Kier molecular flexibility index (Phi) is 6.25. The molecule has 2 heterocycles. The summed E-state index contributed by atoms with van der Waals surface area (Å²) in [5.41, 5.74) is 7.37. The number of nitrogens with zero attached hydrogens (tertiary/aromatic N) is 1. The molecule has 1 fully saturated rings. The molecule has 1 saturated heterocycles. The first-order valence-electron chi connectivity index (χ1n) is 12.2. The van der Waals surface area contributed by atoms with Gasteiger partial charge in [0.1, 0.15) is 11.4 Å². The Morgan fingerprint density at radius 1 is 1.03 bits per heavy atom. The summed E-state index contributed by atoms with van der Waals surface area (Å²) in [6.45, 7) is 7.26. The third-order valence-corrected chi connectivity index (χ3v) is 8.31. The summed E-state index contributed by atoms with van der Waals surface area (Å²) in [6.07, 6.45) is 1.00. The summed E-state index contributed by atoms with van der Waals surface area (Å²) in [6, 6.07) is 21.6. The Morgan fingerprint density at radius 2 is 1.74 bits per heavy atom. The molecule has 1 amide bonds. The molecule has 0 radical (unpaired) electrons. The van der Waals surface area contributed by atoms with E-state index < -0.39 is 27.3 Å². The SMILES string of the molecule is CC(C)(C)NS(=O)(=O)c1ccccc1-c1ccc(NC(=O)C2OC2(C)c2ccc3ccnc(N)c3c2)cc1. The lowest BCUT2D eigenvalue weighted by atomic mass is 9.94. The van der Waals surface area contributed by atoms with Crippen molar-refractivity contribution in [2.24, 2.45) is 0 Å². The molecule has 2 unspecified atom stereocenters. The average Bonchev–Trinajstić information content (AvgIpc) is 3.56. The third-order valence-electron chi connectivity index (χ3n) is 6.49. The van der Waals surface area contributed by atoms with Gasteiger partial charge in [-0.2, -0.15) is 0 Å². The zero-order valence-corrected chi connectivity index (χ0v) is 22.5. The lowest BCUT2D eigenvalue weighted by Gasteiger charge is -2.21. The molecule has 3 aromatic carbocycles. The maximum atomic E-state index is 13.0. The first-order valence-corrected chi connectivity index (χ1v) is 13.7. The predicted octanol–water partition coefficient (Wildman–Crippen LogP) is 4.81. The molecule has 1 aliphatic heterocycles. The molecule has 0 bridgehead atoms. The summed E-state index contributed by atoms with van der Waals surface area (Å²) in [7, 11) is -3.73. The molecule has 1 aromatic heterocycles. The molecule has 38 heavy (non-hydrogen) atoms. The Morgan fingerprint density at radius 3 is 2.45 bits per heavy atom. The van der Waals surface area contributed by atoms with E-state index in [0.717, 1.165) is 16.3 Å². The van der Waals surface area contributed by atoms with E-state index in [0.29, 0.717) is 22.6 Å². The highest BCUT2D eigenvalue weighted by Crippen LogP contribution is 2.47. The first kappa shape index (κ1) is 25.8. The number of hydrogen-bond acceptors (Lipinski definition) is 6. The van der Waals surface area contributed by atoms with Crippen LogP contribution < -0.4 is 15.8 Å². The van der Waals surface area contributed by atoms with Crippen LogP contribution >= 0.6 is 0 Å². The van der Waals surface area contributed by atoms with Crippen LogP contribution in [0.5, 0.6) is 0 Å². The number of aromatic nitrogens is 1. The van der Waals surface area contributed by atoms with Crippen LogP contribution in [0.25, 0.3) is 21.9 Å². The fraction of sp³-hybridized carbons (Fsp3) is 0.241. The molecule has 0 aliphatic carbocycles. The van der Waals surface area contributed by atoms with E-state index in [1.165, 1.54) is 0 Å². The number of anilines is 2. The molecule has 8 nitrogen and oxygen atoms in total. The van der Waals surface area contributed by atoms with Crippen molar-refractivity contribution in [1.82, 2.24) is 9.71 Å². The monoisotopic (exact) mass is 530 g/mol. The molecular formula is C29H30N4O4S. The van der Waals surface area contributed by atoms with Gasteiger partial charge >= 0.3 is 0 Å². The number of nitrogens with one attached hydrogen (secondary N) is 2. The molecular weight excluding hydrogens is 500 g/mol. The number of amides is 1. The van der Waals surface area contributed by atoms with Gasteiger partial charge in [-0.3, -0.25) is 4.79 Å². The van der Waals surface area contributed by atoms with Gasteiger partial charge in [-0.05, 0) is 74.5 Å². The number of ether oxygens (including phenoxy) is 1. The quantitative estimate of drug-likeness (QED) is 0.307. The van der Waals surface area contributed by atoms with Crippen LogP contribution in [-0.4, -0.2) is 31.0 Å². The number of nitrogen functional groups attached to an aromatic ring is 1. The van der Waals surface area contributed by atoms with E-state index in [2.05, 4.69) is 15.0 Å². The van der Waals surface area contributed by atoms with Crippen molar-refractivity contribution in [3.05, 3.63) is 84.6 Å². The lowest BCUT2D eigenvalue weighted by molar-refractivity contribution is -0.117. The number of rotatable bonds is 6. The predicted molar refractivity (Wildman–Crippen MR) is 149 cm³/mol. The van der Waals surface area contributed by atoms with Gasteiger partial charge in [-0.15, -0.1) is 0 Å². The second-order valence-electron chi connectivity index (χ2n) is 10.7. The van der Waals surface area contributed by atoms with Gasteiger partial charge in [0.15, 0.2) is 6.10 Å². The second-order valence-corrected chi connectivity index (χ2v) is 12.3. The van der Waals surface area contributed by atoms with Crippen molar-refractivity contribution in [2.45, 2.75) is 49.8 Å². The van der Waals surface area contributed by atoms with Gasteiger partial charge in [0.05, 0.1) is 4.90 Å². The molecule has 9 heteroatoms. The van der Waals surface area contributed by atoms with Crippen molar-refractivity contribution in [2.75, 3.05) is 11.1 Å². The number of hydrogen-bond donors (Lipinski definition) is 3. The van der Waals surface area contributed by atoms with E-state index >= 15 is 0 Å². The summed E-state index contributed by atoms with van der Waals surface area (Å²) < 4.78 is 34.6. The number of pyridine rings is 1. The van der Waals surface area contributed by atoms with Gasteiger partial charge in [0.25, 0.3) is 5.91 Å². The maximum absolute atomic E-state index is 13.0. The van der Waals surface area contributed by atoms with E-state index in [9.17, 15) is 13.2 Å². The first-order chi connectivity index (χ1) is 17.9. The Hall–Kier alpha value is -3.79. The summed E-state index contributed by atoms with van der Waals surface area (Å²) >= 11 is 0. The zero-order valence-electron chi connectivity index (χ0n) is 21.6. The van der Waals surface area contributed by atoms with Crippen LogP contribution in [-0.2, 0) is 25.2 Å². The van der Waals surface area contributed by atoms with E-state index in [1.54, 1.807) is 75.5 Å². The van der Waals surface area contributed by atoms with Gasteiger partial charge in [-0.1, -0.05) is 42.5 Å². The van der Waals surface area contributed by atoms with Gasteiger partial charge in [0.2, 0.25) is 10.0 Å². The highest BCUT2D eigenvalue weighted by molar-refractivity contribution is 7.89. The average molecular weight is 531 g/mol. The molecule has 5 rings (SSSR count). The largest absolute Gasteiger partial charge is 0.383 e. The third kappa shape index (κ3) is 5.00. The van der Waals surface area contributed by atoms with Crippen molar-refractivity contribution < 1.29 is 17.9 Å². The smallest absolute Gasteiger partial charge is 0.256 e. The highest BCUT2D eigenvalue weighted by atomic mass is 32.2. The number of carbonyl (C=O) groups excluding carboxylic acids is 1. The number of nitrogens with two attached hydrogens (primary N) is 1. The molecule has 196 valence electrons. The standard InChI is InChI=1S/C29H30N4O4S/c1-28(2,3)33-38(35,36)24-8-6-5-7-22(24)18-10-13-21(14-11-18)32-27(34)25-29(4,37-25)20-12-9-19-15-16-31-26(30)23(19)17-20/h5-17,25,33H,1-4H3,(H2,30,31)(H,32,34). The van der Waals surface area contributed by atoms with Crippen LogP contribution in [0.2, 0.25) is 0 Å². The summed E-state index contributed by atoms with van der Waals surface area (Å²) in [5, 5.41) is 4.68. The van der Waals surface area contributed by atoms with Gasteiger partial charge < -0.3 is 15.8 Å². The Balaban J connectivity index is 1.32. The van der Waals surface area contributed by atoms with Crippen LogP contribution in [0, 0.1) is 0 Å². The Labute approximate surface area is 222 Å². The minimum Gasteiger partial charge on any atom is -0.383 e. The molecule has 0 saturated carbocycles. The summed E-state index contributed by atoms with van der Waals surface area (Å²) in [4.78, 5) is 17.3. The minimum atomic E-state index is -3.73. The number of benzene rings is 3. The number of carbonyl (C=O) groups is 1. The highest BCUT2D eigenvalue weighted by Gasteiger charge is 2.58. The van der Waals surface area contributed by atoms with E-state index in [4.69, 9.17) is 10.5 Å². The van der Waals surface area contributed by atoms with Crippen molar-refractivity contribution in [3.63, 3.8) is 0 Å². The fourth-order valence-corrected chi connectivity index (χ4v) is 6.22. The van der Waals surface area contributed by atoms with E-state index in [-0.39, 0.29) is 10.8 Å². The second kappa shape index (κ2) is 9.20. The Bertz CT molecular complexity index is 1650. The number of sulfonamides is 1. The van der Waals surface area contributed by atoms with Crippen LogP contribution in [0.1, 0.15) is 33.3 Å². The van der Waals surface area contributed by atoms with Crippen LogP contribution in [0.4, 0.5) is 11.5 Å². The number of epoxide rings is 1. The van der Waals surface area contributed by atoms with E-state index in [1.807, 2.05) is 31.2 Å². The lowest BCUT2D eigenvalue weighted by Crippen LogP contribution is -2.40. The molecule has 4 N–H and O–H groups in total. The zero-order chi connectivity index (χ0) is 27.3. The van der Waals surface area contributed by atoms with Crippen molar-refractivity contribution in [1.29, 1.82) is 0 Å². The summed E-state index contributed by atoms with van der Waals surface area (Å²) in [5.74, 6) is 0.162. The molecule has 1 aliphatic rings. The normalized spacial score (nSPS) is 19.3.